The van der Waals surface area contributed by atoms with E-state index in [0.717, 1.165) is 17.8 Å². The van der Waals surface area contributed by atoms with Crippen LogP contribution in [0.3, 0.4) is 0 Å². The van der Waals surface area contributed by atoms with Crippen molar-refractivity contribution in [3.05, 3.63) is 29.6 Å². The second-order valence-electron chi connectivity index (χ2n) is 4.63. The molecule has 1 amide bonds. The van der Waals surface area contributed by atoms with Gasteiger partial charge in [0, 0.05) is 19.3 Å². The van der Waals surface area contributed by atoms with Crippen molar-refractivity contribution in [3.63, 3.8) is 0 Å². The molecule has 0 aliphatic carbocycles. The average Bonchev–Trinajstić information content (AvgIpc) is 2.29. The highest BCUT2D eigenvalue weighted by Gasteiger charge is 2.01. The number of carbonyl (C=O) groups excluding carboxylic acids is 1. The van der Waals surface area contributed by atoms with Gasteiger partial charge in [0.05, 0.1) is 12.2 Å². The Morgan fingerprint density at radius 2 is 2.18 bits per heavy atom. The summed E-state index contributed by atoms with van der Waals surface area (Å²) >= 11 is 0. The molecule has 0 radical (unpaired) electrons. The van der Waals surface area contributed by atoms with Gasteiger partial charge in [-0.3, -0.25) is 9.78 Å². The number of nitrogens with one attached hydrogen (secondary N) is 2. The minimum absolute atomic E-state index is 0.0332. The first-order valence-corrected chi connectivity index (χ1v) is 5.97. The van der Waals surface area contributed by atoms with Crippen molar-refractivity contribution in [2.24, 2.45) is 5.92 Å². The Hall–Kier alpha value is -1.42. The summed E-state index contributed by atoms with van der Waals surface area (Å²) in [5, 5.41) is 5.93. The quantitative estimate of drug-likeness (QED) is 0.780. The number of carbonyl (C=O) groups is 1. The van der Waals surface area contributed by atoms with Crippen LogP contribution in [0, 0.1) is 12.8 Å². The molecule has 94 valence electrons. The van der Waals surface area contributed by atoms with Gasteiger partial charge in [-0.2, -0.15) is 0 Å². The van der Waals surface area contributed by atoms with Gasteiger partial charge in [0.25, 0.3) is 0 Å². The lowest BCUT2D eigenvalue weighted by Crippen LogP contribution is -2.35. The lowest BCUT2D eigenvalue weighted by atomic mass is 10.2. The minimum atomic E-state index is 0.0332. The standard InChI is InChI=1S/C13H21N3O/c1-10(2)6-16-13(17)9-14-8-12-5-4-11(3)7-15-12/h4-5,7,10,14H,6,8-9H2,1-3H3,(H,16,17). The molecular formula is C13H21N3O. The van der Waals surface area contributed by atoms with Crippen LogP contribution in [0.2, 0.25) is 0 Å². The van der Waals surface area contributed by atoms with Crippen molar-refractivity contribution >= 4 is 5.91 Å². The van der Waals surface area contributed by atoms with Crippen molar-refractivity contribution in [1.82, 2.24) is 15.6 Å². The molecule has 0 fully saturated rings. The molecule has 1 rings (SSSR count). The van der Waals surface area contributed by atoms with E-state index in [1.54, 1.807) is 0 Å². The summed E-state index contributed by atoms with van der Waals surface area (Å²) in [6.07, 6.45) is 1.83. The van der Waals surface area contributed by atoms with Crippen molar-refractivity contribution in [2.75, 3.05) is 13.1 Å². The maximum Gasteiger partial charge on any atom is 0.233 e. The molecule has 1 heterocycles. The molecule has 0 bridgehead atoms. The van der Waals surface area contributed by atoms with Crippen LogP contribution >= 0.6 is 0 Å². The lowest BCUT2D eigenvalue weighted by molar-refractivity contribution is -0.120. The Kier molecular flexibility index (Phi) is 5.63. The number of hydrogen-bond donors (Lipinski definition) is 2. The third-order valence-electron chi connectivity index (χ3n) is 2.27. The molecular weight excluding hydrogens is 214 g/mol. The number of pyridine rings is 1. The zero-order valence-corrected chi connectivity index (χ0v) is 10.8. The fourth-order valence-corrected chi connectivity index (χ4v) is 1.29. The molecule has 0 spiro atoms. The van der Waals surface area contributed by atoms with E-state index in [4.69, 9.17) is 0 Å². The summed E-state index contributed by atoms with van der Waals surface area (Å²) in [7, 11) is 0. The van der Waals surface area contributed by atoms with Gasteiger partial charge in [0.1, 0.15) is 0 Å². The predicted octanol–water partition coefficient (Wildman–Crippen LogP) is 1.25. The van der Waals surface area contributed by atoms with Gasteiger partial charge in [-0.25, -0.2) is 0 Å². The first-order chi connectivity index (χ1) is 8.08. The van der Waals surface area contributed by atoms with Crippen molar-refractivity contribution in [3.8, 4) is 0 Å². The van der Waals surface area contributed by atoms with Crippen LogP contribution < -0.4 is 10.6 Å². The third-order valence-corrected chi connectivity index (χ3v) is 2.27. The summed E-state index contributed by atoms with van der Waals surface area (Å²) in [6, 6.07) is 3.98. The van der Waals surface area contributed by atoms with E-state index in [1.165, 1.54) is 0 Å². The summed E-state index contributed by atoms with van der Waals surface area (Å²) in [5.74, 6) is 0.517. The van der Waals surface area contributed by atoms with Crippen LogP contribution in [0.15, 0.2) is 18.3 Å². The molecule has 1 aromatic rings. The first kappa shape index (κ1) is 13.6. The molecule has 0 aliphatic rings. The van der Waals surface area contributed by atoms with Gasteiger partial charge < -0.3 is 10.6 Å². The summed E-state index contributed by atoms with van der Waals surface area (Å²) in [5.41, 5.74) is 2.09. The molecule has 0 saturated carbocycles. The fraction of sp³-hybridized carbons (Fsp3) is 0.538. The third kappa shape index (κ3) is 6.02. The lowest BCUT2D eigenvalue weighted by Gasteiger charge is -2.08. The zero-order valence-electron chi connectivity index (χ0n) is 10.8. The van der Waals surface area contributed by atoms with E-state index in [1.807, 2.05) is 25.3 Å². The fourth-order valence-electron chi connectivity index (χ4n) is 1.29. The Labute approximate surface area is 103 Å². The highest BCUT2D eigenvalue weighted by molar-refractivity contribution is 5.77. The largest absolute Gasteiger partial charge is 0.355 e. The second kappa shape index (κ2) is 7.01. The van der Waals surface area contributed by atoms with Crippen molar-refractivity contribution in [2.45, 2.75) is 27.3 Å². The monoisotopic (exact) mass is 235 g/mol. The van der Waals surface area contributed by atoms with E-state index in [0.29, 0.717) is 19.0 Å². The molecule has 0 unspecified atom stereocenters. The van der Waals surface area contributed by atoms with Gasteiger partial charge >= 0.3 is 0 Å². The van der Waals surface area contributed by atoms with Crippen LogP contribution in [0.5, 0.6) is 0 Å². The molecule has 2 N–H and O–H groups in total. The van der Waals surface area contributed by atoms with Gasteiger partial charge in [-0.05, 0) is 24.5 Å². The molecule has 0 aromatic carbocycles. The van der Waals surface area contributed by atoms with Gasteiger partial charge in [-0.15, -0.1) is 0 Å². The summed E-state index contributed by atoms with van der Waals surface area (Å²) in [6.45, 7) is 7.83. The Morgan fingerprint density at radius 3 is 2.76 bits per heavy atom. The molecule has 1 aromatic heterocycles. The van der Waals surface area contributed by atoms with E-state index < -0.39 is 0 Å². The maximum absolute atomic E-state index is 11.4. The molecule has 17 heavy (non-hydrogen) atoms. The topological polar surface area (TPSA) is 54.0 Å². The predicted molar refractivity (Wildman–Crippen MR) is 68.5 cm³/mol. The number of rotatable bonds is 6. The summed E-state index contributed by atoms with van der Waals surface area (Å²) < 4.78 is 0. The van der Waals surface area contributed by atoms with E-state index in [-0.39, 0.29) is 5.91 Å². The van der Waals surface area contributed by atoms with Crippen LogP contribution in [0.4, 0.5) is 0 Å². The zero-order chi connectivity index (χ0) is 12.7. The van der Waals surface area contributed by atoms with Crippen molar-refractivity contribution < 1.29 is 4.79 Å². The second-order valence-corrected chi connectivity index (χ2v) is 4.63. The number of aromatic nitrogens is 1. The Balaban J connectivity index is 2.19. The first-order valence-electron chi connectivity index (χ1n) is 5.97. The minimum Gasteiger partial charge on any atom is -0.355 e. The van der Waals surface area contributed by atoms with Gasteiger partial charge in [0.2, 0.25) is 5.91 Å². The molecule has 0 saturated heterocycles. The van der Waals surface area contributed by atoms with Crippen LogP contribution in [-0.4, -0.2) is 24.0 Å². The molecule has 4 nitrogen and oxygen atoms in total. The number of aryl methyl sites for hydroxylation is 1. The molecule has 4 heteroatoms. The smallest absolute Gasteiger partial charge is 0.233 e. The Bertz CT molecular complexity index is 346. The molecule has 0 atom stereocenters. The van der Waals surface area contributed by atoms with Crippen LogP contribution in [-0.2, 0) is 11.3 Å². The van der Waals surface area contributed by atoms with Gasteiger partial charge in [-0.1, -0.05) is 19.9 Å². The number of nitrogens with zero attached hydrogens (tertiary/aromatic N) is 1. The Morgan fingerprint density at radius 1 is 1.41 bits per heavy atom. The highest BCUT2D eigenvalue weighted by Crippen LogP contribution is 1.97. The number of hydrogen-bond acceptors (Lipinski definition) is 3. The van der Waals surface area contributed by atoms with Gasteiger partial charge in [0.15, 0.2) is 0 Å². The molecule has 0 aliphatic heterocycles. The van der Waals surface area contributed by atoms with E-state index in [2.05, 4.69) is 29.5 Å². The SMILES string of the molecule is Cc1ccc(CNCC(=O)NCC(C)C)nc1. The average molecular weight is 235 g/mol. The maximum atomic E-state index is 11.4. The van der Waals surface area contributed by atoms with Crippen LogP contribution in [0.25, 0.3) is 0 Å². The normalized spacial score (nSPS) is 10.6. The number of amides is 1. The van der Waals surface area contributed by atoms with Crippen LogP contribution in [0.1, 0.15) is 25.1 Å². The van der Waals surface area contributed by atoms with E-state index in [9.17, 15) is 4.79 Å². The van der Waals surface area contributed by atoms with E-state index >= 15 is 0 Å². The van der Waals surface area contributed by atoms with Crippen molar-refractivity contribution in [1.29, 1.82) is 0 Å². The highest BCUT2D eigenvalue weighted by atomic mass is 16.1. The summed E-state index contributed by atoms with van der Waals surface area (Å²) in [4.78, 5) is 15.7.